The Hall–Kier alpha value is -1.70. The van der Waals surface area contributed by atoms with E-state index < -0.39 is 0 Å². The maximum absolute atomic E-state index is 9.44. The van der Waals surface area contributed by atoms with Crippen LogP contribution in [0.25, 0.3) is 11.1 Å². The fraction of sp³-hybridized carbons (Fsp3) is 0. The van der Waals surface area contributed by atoms with E-state index in [1.165, 1.54) is 0 Å². The molecule has 0 aliphatic carbocycles. The molecule has 0 saturated carbocycles. The van der Waals surface area contributed by atoms with Crippen LogP contribution in [0.15, 0.2) is 47.3 Å². The SMILES string of the molecule is Oc1ccccc1-c1ccoc1. The molecule has 2 heteroatoms. The molecule has 0 spiro atoms. The van der Waals surface area contributed by atoms with E-state index in [1.807, 2.05) is 18.2 Å². The first-order valence-corrected chi connectivity index (χ1v) is 3.68. The molecule has 0 saturated heterocycles. The molecule has 1 heterocycles. The summed E-state index contributed by atoms with van der Waals surface area (Å²) in [5, 5.41) is 9.44. The first kappa shape index (κ1) is 6.98. The van der Waals surface area contributed by atoms with Crippen LogP contribution >= 0.6 is 0 Å². The predicted octanol–water partition coefficient (Wildman–Crippen LogP) is 2.65. The Morgan fingerprint density at radius 1 is 1.08 bits per heavy atom. The second-order valence-corrected chi connectivity index (χ2v) is 2.53. The number of phenols is 1. The Labute approximate surface area is 70.1 Å². The van der Waals surface area contributed by atoms with E-state index in [0.29, 0.717) is 0 Å². The van der Waals surface area contributed by atoms with Gasteiger partial charge < -0.3 is 9.52 Å². The third-order valence-electron chi connectivity index (χ3n) is 1.74. The fourth-order valence-corrected chi connectivity index (χ4v) is 1.14. The van der Waals surface area contributed by atoms with Crippen LogP contribution < -0.4 is 0 Å². The third kappa shape index (κ3) is 1.07. The van der Waals surface area contributed by atoms with Crippen LogP contribution in [-0.4, -0.2) is 5.11 Å². The summed E-state index contributed by atoms with van der Waals surface area (Å²) in [5.74, 6) is 0.277. The molecule has 1 aromatic heterocycles. The predicted molar refractivity (Wildman–Crippen MR) is 45.8 cm³/mol. The summed E-state index contributed by atoms with van der Waals surface area (Å²) in [6, 6.07) is 8.98. The minimum Gasteiger partial charge on any atom is -0.507 e. The first-order valence-electron chi connectivity index (χ1n) is 3.68. The lowest BCUT2D eigenvalue weighted by atomic mass is 10.1. The zero-order chi connectivity index (χ0) is 8.39. The third-order valence-corrected chi connectivity index (χ3v) is 1.74. The Morgan fingerprint density at radius 2 is 1.92 bits per heavy atom. The van der Waals surface area contributed by atoms with Crippen molar-refractivity contribution >= 4 is 0 Å². The van der Waals surface area contributed by atoms with Gasteiger partial charge in [-0.05, 0) is 12.1 Å². The van der Waals surface area contributed by atoms with Gasteiger partial charge in [-0.2, -0.15) is 0 Å². The highest BCUT2D eigenvalue weighted by molar-refractivity contribution is 5.68. The minimum atomic E-state index is 0.277. The van der Waals surface area contributed by atoms with E-state index in [4.69, 9.17) is 4.42 Å². The molecule has 0 atom stereocenters. The highest BCUT2D eigenvalue weighted by atomic mass is 16.3. The Balaban J connectivity index is 2.55. The molecule has 2 aromatic rings. The number of hydrogen-bond donors (Lipinski definition) is 1. The molecule has 0 radical (unpaired) electrons. The van der Waals surface area contributed by atoms with Crippen molar-refractivity contribution in [1.29, 1.82) is 0 Å². The zero-order valence-corrected chi connectivity index (χ0v) is 6.40. The molecule has 0 aliphatic rings. The topological polar surface area (TPSA) is 33.4 Å². The maximum atomic E-state index is 9.44. The lowest BCUT2D eigenvalue weighted by Gasteiger charge is -1.98. The molecular weight excluding hydrogens is 152 g/mol. The van der Waals surface area contributed by atoms with Crippen molar-refractivity contribution in [3.05, 3.63) is 42.9 Å². The Kier molecular flexibility index (Phi) is 1.59. The quantitative estimate of drug-likeness (QED) is 0.695. The number of para-hydroxylation sites is 1. The fourth-order valence-electron chi connectivity index (χ4n) is 1.14. The number of rotatable bonds is 1. The summed E-state index contributed by atoms with van der Waals surface area (Å²) in [6.45, 7) is 0. The van der Waals surface area contributed by atoms with Gasteiger partial charge in [0.1, 0.15) is 5.75 Å². The van der Waals surface area contributed by atoms with Gasteiger partial charge in [-0.15, -0.1) is 0 Å². The minimum absolute atomic E-state index is 0.277. The van der Waals surface area contributed by atoms with E-state index in [9.17, 15) is 5.11 Å². The monoisotopic (exact) mass is 160 g/mol. The number of benzene rings is 1. The Morgan fingerprint density at radius 3 is 2.58 bits per heavy atom. The van der Waals surface area contributed by atoms with Crippen molar-refractivity contribution in [1.82, 2.24) is 0 Å². The van der Waals surface area contributed by atoms with Crippen LogP contribution in [0.4, 0.5) is 0 Å². The summed E-state index contributed by atoms with van der Waals surface area (Å²) < 4.78 is 4.91. The average Bonchev–Trinajstić information content (AvgIpc) is 2.57. The van der Waals surface area contributed by atoms with Gasteiger partial charge in [0, 0.05) is 11.1 Å². The summed E-state index contributed by atoms with van der Waals surface area (Å²) in [7, 11) is 0. The molecule has 2 rings (SSSR count). The van der Waals surface area contributed by atoms with Crippen LogP contribution in [0, 0.1) is 0 Å². The van der Waals surface area contributed by atoms with E-state index in [-0.39, 0.29) is 5.75 Å². The van der Waals surface area contributed by atoms with Crippen LogP contribution in [-0.2, 0) is 0 Å². The number of furan rings is 1. The lowest BCUT2D eigenvalue weighted by Crippen LogP contribution is -1.73. The number of hydrogen-bond acceptors (Lipinski definition) is 2. The van der Waals surface area contributed by atoms with E-state index >= 15 is 0 Å². The summed E-state index contributed by atoms with van der Waals surface area (Å²) >= 11 is 0. The van der Waals surface area contributed by atoms with Gasteiger partial charge in [-0.1, -0.05) is 18.2 Å². The highest BCUT2D eigenvalue weighted by Gasteiger charge is 2.02. The molecule has 0 aliphatic heterocycles. The molecule has 0 unspecified atom stereocenters. The van der Waals surface area contributed by atoms with Crippen molar-refractivity contribution in [3.8, 4) is 16.9 Å². The van der Waals surface area contributed by atoms with E-state index in [1.54, 1.807) is 24.7 Å². The zero-order valence-electron chi connectivity index (χ0n) is 6.40. The van der Waals surface area contributed by atoms with Gasteiger partial charge in [-0.25, -0.2) is 0 Å². The molecular formula is C10H8O2. The molecule has 2 nitrogen and oxygen atoms in total. The largest absolute Gasteiger partial charge is 0.507 e. The van der Waals surface area contributed by atoms with E-state index in [0.717, 1.165) is 11.1 Å². The van der Waals surface area contributed by atoms with Crippen LogP contribution in [0.2, 0.25) is 0 Å². The van der Waals surface area contributed by atoms with E-state index in [2.05, 4.69) is 0 Å². The molecule has 0 amide bonds. The van der Waals surface area contributed by atoms with Crippen LogP contribution in [0.5, 0.6) is 5.75 Å². The maximum Gasteiger partial charge on any atom is 0.123 e. The molecule has 0 bridgehead atoms. The number of aromatic hydroxyl groups is 1. The van der Waals surface area contributed by atoms with Crippen molar-refractivity contribution in [2.75, 3.05) is 0 Å². The van der Waals surface area contributed by atoms with Gasteiger partial charge in [-0.3, -0.25) is 0 Å². The van der Waals surface area contributed by atoms with Gasteiger partial charge in [0.15, 0.2) is 0 Å². The van der Waals surface area contributed by atoms with Gasteiger partial charge in [0.2, 0.25) is 0 Å². The molecule has 60 valence electrons. The highest BCUT2D eigenvalue weighted by Crippen LogP contribution is 2.28. The second-order valence-electron chi connectivity index (χ2n) is 2.53. The summed E-state index contributed by atoms with van der Waals surface area (Å²) in [6.07, 6.45) is 3.19. The van der Waals surface area contributed by atoms with Crippen molar-refractivity contribution in [2.45, 2.75) is 0 Å². The van der Waals surface area contributed by atoms with Crippen molar-refractivity contribution in [3.63, 3.8) is 0 Å². The van der Waals surface area contributed by atoms with Crippen LogP contribution in [0.1, 0.15) is 0 Å². The smallest absolute Gasteiger partial charge is 0.123 e. The van der Waals surface area contributed by atoms with Gasteiger partial charge >= 0.3 is 0 Å². The molecule has 1 aromatic carbocycles. The molecule has 12 heavy (non-hydrogen) atoms. The average molecular weight is 160 g/mol. The molecule has 0 fully saturated rings. The second kappa shape index (κ2) is 2.74. The molecule has 1 N–H and O–H groups in total. The summed E-state index contributed by atoms with van der Waals surface area (Å²) in [5.41, 5.74) is 1.69. The summed E-state index contributed by atoms with van der Waals surface area (Å²) in [4.78, 5) is 0. The van der Waals surface area contributed by atoms with Gasteiger partial charge in [0.25, 0.3) is 0 Å². The number of phenolic OH excluding ortho intramolecular Hbond substituents is 1. The van der Waals surface area contributed by atoms with Crippen LogP contribution in [0.3, 0.4) is 0 Å². The van der Waals surface area contributed by atoms with Crippen molar-refractivity contribution < 1.29 is 9.52 Å². The van der Waals surface area contributed by atoms with Gasteiger partial charge in [0.05, 0.1) is 12.5 Å². The normalized spacial score (nSPS) is 10.0. The Bertz CT molecular complexity index is 363. The lowest BCUT2D eigenvalue weighted by molar-refractivity contribution is 0.477. The van der Waals surface area contributed by atoms with Crippen molar-refractivity contribution in [2.24, 2.45) is 0 Å². The first-order chi connectivity index (χ1) is 5.88. The standard InChI is InChI=1S/C10H8O2/c11-10-4-2-1-3-9(10)8-5-6-12-7-8/h1-7,11H.